The molecule has 21 heavy (non-hydrogen) atoms. The van der Waals surface area contributed by atoms with Crippen molar-refractivity contribution >= 4 is 23.4 Å². The van der Waals surface area contributed by atoms with Gasteiger partial charge in [0.2, 0.25) is 0 Å². The summed E-state index contributed by atoms with van der Waals surface area (Å²) in [5.74, 6) is -0.383. The van der Waals surface area contributed by atoms with Crippen molar-refractivity contribution in [3.63, 3.8) is 0 Å². The number of nitrogens with two attached hydrogens (primary N) is 1. The molecule has 2 rings (SSSR count). The number of rotatable bonds is 2. The van der Waals surface area contributed by atoms with Crippen LogP contribution in [0.1, 0.15) is 30.1 Å². The molecule has 114 valence electrons. The first kappa shape index (κ1) is 15.2. The maximum absolute atomic E-state index is 12.5. The average Bonchev–Trinajstić information content (AvgIpc) is 2.46. The predicted molar refractivity (Wildman–Crippen MR) is 81.6 cm³/mol. The van der Waals surface area contributed by atoms with E-state index >= 15 is 0 Å². The van der Waals surface area contributed by atoms with Crippen LogP contribution in [0.4, 0.5) is 16.2 Å². The molecule has 1 aliphatic heterocycles. The lowest BCUT2D eigenvalue weighted by Gasteiger charge is -2.33. The van der Waals surface area contributed by atoms with Gasteiger partial charge < -0.3 is 15.7 Å². The summed E-state index contributed by atoms with van der Waals surface area (Å²) >= 11 is 0. The molecule has 2 amide bonds. The Bertz CT molecular complexity index is 551. The summed E-state index contributed by atoms with van der Waals surface area (Å²) in [5, 5.41) is 8.93. The molecule has 6 heteroatoms. The van der Waals surface area contributed by atoms with Crippen molar-refractivity contribution < 1.29 is 14.7 Å². The van der Waals surface area contributed by atoms with Crippen molar-refractivity contribution in [2.24, 2.45) is 5.92 Å². The second-order valence-corrected chi connectivity index (χ2v) is 5.59. The SMILES string of the molecule is CC1CCN(C(=O)N(C)c2ccc(C(=O)O)cc2N)CC1. The zero-order valence-electron chi connectivity index (χ0n) is 12.4. The molecule has 6 nitrogen and oxygen atoms in total. The lowest BCUT2D eigenvalue weighted by Crippen LogP contribution is -2.45. The van der Waals surface area contributed by atoms with Crippen LogP contribution in [-0.2, 0) is 0 Å². The van der Waals surface area contributed by atoms with E-state index in [9.17, 15) is 9.59 Å². The van der Waals surface area contributed by atoms with E-state index in [0.717, 1.165) is 25.9 Å². The normalized spacial score (nSPS) is 15.8. The van der Waals surface area contributed by atoms with Crippen LogP contribution in [0.15, 0.2) is 18.2 Å². The quantitative estimate of drug-likeness (QED) is 0.818. The molecule has 0 saturated carbocycles. The summed E-state index contributed by atoms with van der Waals surface area (Å²) in [4.78, 5) is 26.7. The zero-order chi connectivity index (χ0) is 15.6. The highest BCUT2D eigenvalue weighted by Crippen LogP contribution is 2.25. The van der Waals surface area contributed by atoms with E-state index in [-0.39, 0.29) is 17.3 Å². The van der Waals surface area contributed by atoms with E-state index in [4.69, 9.17) is 10.8 Å². The number of likely N-dealkylation sites (tertiary alicyclic amines) is 1. The molecule has 0 bridgehead atoms. The summed E-state index contributed by atoms with van der Waals surface area (Å²) in [5.41, 5.74) is 6.81. The number of carboxylic acid groups (broad SMARTS) is 1. The van der Waals surface area contributed by atoms with E-state index < -0.39 is 5.97 Å². The van der Waals surface area contributed by atoms with E-state index in [0.29, 0.717) is 11.6 Å². The summed E-state index contributed by atoms with van der Waals surface area (Å²) < 4.78 is 0. The molecule has 0 spiro atoms. The Morgan fingerprint density at radius 1 is 1.33 bits per heavy atom. The van der Waals surface area contributed by atoms with E-state index in [1.807, 2.05) is 4.90 Å². The first-order valence-corrected chi connectivity index (χ1v) is 7.05. The van der Waals surface area contributed by atoms with Gasteiger partial charge in [-0.3, -0.25) is 4.90 Å². The predicted octanol–water partition coefficient (Wildman–Crippen LogP) is 2.26. The molecule has 0 unspecified atom stereocenters. The van der Waals surface area contributed by atoms with Gasteiger partial charge in [-0.05, 0) is 37.0 Å². The molecule has 0 aliphatic carbocycles. The van der Waals surface area contributed by atoms with Crippen LogP contribution in [0.3, 0.4) is 0 Å². The highest BCUT2D eigenvalue weighted by molar-refractivity contribution is 5.97. The lowest BCUT2D eigenvalue weighted by molar-refractivity contribution is 0.0697. The van der Waals surface area contributed by atoms with Gasteiger partial charge in [-0.2, -0.15) is 0 Å². The smallest absolute Gasteiger partial charge is 0.335 e. The largest absolute Gasteiger partial charge is 0.478 e. The summed E-state index contributed by atoms with van der Waals surface area (Å²) in [6.45, 7) is 3.68. The molecule has 1 aliphatic rings. The van der Waals surface area contributed by atoms with Crippen molar-refractivity contribution in [2.45, 2.75) is 19.8 Å². The Balaban J connectivity index is 2.14. The second-order valence-electron chi connectivity index (χ2n) is 5.59. The number of carbonyl (C=O) groups is 2. The van der Waals surface area contributed by atoms with E-state index in [1.165, 1.54) is 17.0 Å². The minimum absolute atomic E-state index is 0.100. The number of nitrogen functional groups attached to an aromatic ring is 1. The number of anilines is 2. The molecule has 0 radical (unpaired) electrons. The maximum Gasteiger partial charge on any atom is 0.335 e. The Morgan fingerprint density at radius 3 is 2.48 bits per heavy atom. The number of hydrogen-bond donors (Lipinski definition) is 2. The highest BCUT2D eigenvalue weighted by atomic mass is 16.4. The van der Waals surface area contributed by atoms with Crippen molar-refractivity contribution in [1.82, 2.24) is 4.90 Å². The van der Waals surface area contributed by atoms with E-state index in [1.54, 1.807) is 13.1 Å². The van der Waals surface area contributed by atoms with Crippen LogP contribution in [0.5, 0.6) is 0 Å². The fourth-order valence-corrected chi connectivity index (χ4v) is 2.51. The maximum atomic E-state index is 12.5. The summed E-state index contributed by atoms with van der Waals surface area (Å²) in [6.07, 6.45) is 2.01. The molecule has 3 N–H and O–H groups in total. The minimum atomic E-state index is -1.03. The first-order valence-electron chi connectivity index (χ1n) is 7.05. The third kappa shape index (κ3) is 3.26. The van der Waals surface area contributed by atoms with Gasteiger partial charge in [0.05, 0.1) is 16.9 Å². The van der Waals surface area contributed by atoms with Gasteiger partial charge in [-0.1, -0.05) is 6.92 Å². The summed E-state index contributed by atoms with van der Waals surface area (Å²) in [7, 11) is 1.66. The van der Waals surface area contributed by atoms with Gasteiger partial charge in [0.15, 0.2) is 0 Å². The Labute approximate surface area is 124 Å². The second kappa shape index (κ2) is 6.03. The molecule has 1 aromatic carbocycles. The number of hydrogen-bond acceptors (Lipinski definition) is 3. The zero-order valence-corrected chi connectivity index (χ0v) is 12.4. The fraction of sp³-hybridized carbons (Fsp3) is 0.467. The number of amides is 2. The van der Waals surface area contributed by atoms with Crippen LogP contribution in [0, 0.1) is 5.92 Å². The Kier molecular flexibility index (Phi) is 4.35. The van der Waals surface area contributed by atoms with Crippen LogP contribution in [-0.4, -0.2) is 42.1 Å². The fourth-order valence-electron chi connectivity index (χ4n) is 2.51. The van der Waals surface area contributed by atoms with Crippen molar-refractivity contribution in [1.29, 1.82) is 0 Å². The van der Waals surface area contributed by atoms with Gasteiger partial charge in [-0.15, -0.1) is 0 Å². The molecule has 1 fully saturated rings. The third-order valence-electron chi connectivity index (χ3n) is 3.98. The molecule has 1 saturated heterocycles. The first-order chi connectivity index (χ1) is 9.90. The highest BCUT2D eigenvalue weighted by Gasteiger charge is 2.24. The lowest BCUT2D eigenvalue weighted by atomic mass is 9.99. The van der Waals surface area contributed by atoms with Crippen molar-refractivity contribution in [3.05, 3.63) is 23.8 Å². The van der Waals surface area contributed by atoms with Crippen LogP contribution in [0.25, 0.3) is 0 Å². The van der Waals surface area contributed by atoms with Gasteiger partial charge in [0.1, 0.15) is 0 Å². The third-order valence-corrected chi connectivity index (χ3v) is 3.98. The number of nitrogens with zero attached hydrogens (tertiary/aromatic N) is 2. The molecular weight excluding hydrogens is 270 g/mol. The summed E-state index contributed by atoms with van der Waals surface area (Å²) in [6, 6.07) is 4.30. The topological polar surface area (TPSA) is 86.9 Å². The minimum Gasteiger partial charge on any atom is -0.478 e. The number of carboxylic acids is 1. The van der Waals surface area contributed by atoms with Gasteiger partial charge in [0.25, 0.3) is 0 Å². The van der Waals surface area contributed by atoms with Gasteiger partial charge in [0, 0.05) is 20.1 Å². The number of aromatic carboxylic acids is 1. The molecular formula is C15H21N3O3. The van der Waals surface area contributed by atoms with E-state index in [2.05, 4.69) is 6.92 Å². The van der Waals surface area contributed by atoms with Crippen LogP contribution >= 0.6 is 0 Å². The number of carbonyl (C=O) groups excluding carboxylic acids is 1. The van der Waals surface area contributed by atoms with Crippen LogP contribution < -0.4 is 10.6 Å². The standard InChI is InChI=1S/C15H21N3O3/c1-10-5-7-18(8-6-10)15(21)17(2)13-4-3-11(14(19)20)9-12(13)16/h3-4,9-10H,5-8,16H2,1-2H3,(H,19,20). The molecule has 0 atom stereocenters. The van der Waals surface area contributed by atoms with Crippen molar-refractivity contribution in [3.8, 4) is 0 Å². The number of piperidine rings is 1. The Morgan fingerprint density at radius 2 is 1.95 bits per heavy atom. The monoisotopic (exact) mass is 291 g/mol. The van der Waals surface area contributed by atoms with Crippen LogP contribution in [0.2, 0.25) is 0 Å². The Hall–Kier alpha value is -2.24. The number of benzene rings is 1. The van der Waals surface area contributed by atoms with Gasteiger partial charge >= 0.3 is 12.0 Å². The molecule has 0 aromatic heterocycles. The van der Waals surface area contributed by atoms with Gasteiger partial charge in [-0.25, -0.2) is 9.59 Å². The molecule has 1 heterocycles. The molecule has 1 aromatic rings. The number of urea groups is 1. The average molecular weight is 291 g/mol. The van der Waals surface area contributed by atoms with Crippen molar-refractivity contribution in [2.75, 3.05) is 30.8 Å².